The Bertz CT molecular complexity index is 1410. The molecular weight excluding hydrogens is 446 g/mol. The van der Waals surface area contributed by atoms with Crippen molar-refractivity contribution in [2.45, 2.75) is 45.8 Å². The number of hydrogen-bond donors (Lipinski definition) is 0. The zero-order chi connectivity index (χ0) is 23.2. The minimum Gasteiger partial charge on any atom is -0.379 e. The Kier molecular flexibility index (Phi) is 5.59. The highest BCUT2D eigenvalue weighted by Gasteiger charge is 2.27. The maximum Gasteiger partial charge on any atom is 0.261 e. The van der Waals surface area contributed by atoms with Gasteiger partial charge in [-0.2, -0.15) is 0 Å². The number of benzene rings is 1. The van der Waals surface area contributed by atoms with Crippen molar-refractivity contribution in [3.63, 3.8) is 0 Å². The average Bonchev–Trinajstić information content (AvgIpc) is 3.49. The van der Waals surface area contributed by atoms with Crippen LogP contribution in [0.2, 0.25) is 0 Å². The van der Waals surface area contributed by atoms with Crippen LogP contribution in [0.3, 0.4) is 0 Å². The standard InChI is InChI=1S/C26H29N5O2S/c1-17-13-21(18(2)31(17)19-7-8-19)23-16-34-25(28-23)15-30-24(14-29-9-11-33-12-10-29)27-22-6-4-3-5-20(22)26(30)32/h3-6,13,16,19H,7-12,14-15H2,1-2H3. The summed E-state index contributed by atoms with van der Waals surface area (Å²) >= 11 is 1.61. The number of ether oxygens (including phenoxy) is 1. The number of thiazole rings is 1. The summed E-state index contributed by atoms with van der Waals surface area (Å²) in [4.78, 5) is 25.7. The highest BCUT2D eigenvalue weighted by atomic mass is 32.1. The molecular formula is C26H29N5O2S. The first-order chi connectivity index (χ1) is 16.6. The van der Waals surface area contributed by atoms with Gasteiger partial charge in [-0.3, -0.25) is 14.3 Å². The van der Waals surface area contributed by atoms with Gasteiger partial charge in [-0.15, -0.1) is 11.3 Å². The Labute approximate surface area is 202 Å². The molecule has 1 aromatic carbocycles. The number of para-hydroxylation sites is 1. The monoisotopic (exact) mass is 475 g/mol. The summed E-state index contributed by atoms with van der Waals surface area (Å²) in [6.07, 6.45) is 2.53. The zero-order valence-electron chi connectivity index (χ0n) is 19.7. The first-order valence-electron chi connectivity index (χ1n) is 12.0. The topological polar surface area (TPSA) is 65.2 Å². The molecule has 7 nitrogen and oxygen atoms in total. The van der Waals surface area contributed by atoms with Crippen molar-refractivity contribution in [2.24, 2.45) is 0 Å². The fourth-order valence-electron chi connectivity index (χ4n) is 5.03. The SMILES string of the molecule is Cc1cc(-c2csc(Cn3c(CN4CCOCC4)nc4ccccc4c3=O)n2)c(C)n1C1CC1. The number of hydrogen-bond acceptors (Lipinski definition) is 6. The van der Waals surface area contributed by atoms with E-state index in [4.69, 9.17) is 14.7 Å². The molecule has 3 aromatic heterocycles. The Morgan fingerprint density at radius 3 is 2.68 bits per heavy atom. The molecule has 4 aromatic rings. The van der Waals surface area contributed by atoms with Gasteiger partial charge in [0.25, 0.3) is 5.56 Å². The fourth-order valence-corrected chi connectivity index (χ4v) is 5.81. The summed E-state index contributed by atoms with van der Waals surface area (Å²) < 4.78 is 9.76. The lowest BCUT2D eigenvalue weighted by Gasteiger charge is -2.27. The van der Waals surface area contributed by atoms with Gasteiger partial charge in [0.2, 0.25) is 0 Å². The van der Waals surface area contributed by atoms with E-state index < -0.39 is 0 Å². The molecule has 0 unspecified atom stereocenters. The molecule has 34 heavy (non-hydrogen) atoms. The van der Waals surface area contributed by atoms with E-state index in [0.29, 0.717) is 37.7 Å². The average molecular weight is 476 g/mol. The molecule has 2 aliphatic rings. The lowest BCUT2D eigenvalue weighted by atomic mass is 10.2. The Balaban J connectivity index is 1.35. The summed E-state index contributed by atoms with van der Waals surface area (Å²) in [5, 5.41) is 3.70. The minimum atomic E-state index is -0.00230. The second-order valence-corrected chi connectivity index (χ2v) is 10.3. The van der Waals surface area contributed by atoms with Crippen LogP contribution in [0.5, 0.6) is 0 Å². The van der Waals surface area contributed by atoms with Gasteiger partial charge < -0.3 is 9.30 Å². The van der Waals surface area contributed by atoms with Crippen LogP contribution >= 0.6 is 11.3 Å². The van der Waals surface area contributed by atoms with Gasteiger partial charge in [-0.05, 0) is 44.9 Å². The van der Waals surface area contributed by atoms with Gasteiger partial charge in [0.1, 0.15) is 10.8 Å². The molecule has 1 aliphatic heterocycles. The largest absolute Gasteiger partial charge is 0.379 e. The molecule has 0 N–H and O–H groups in total. The molecule has 1 aliphatic carbocycles. The summed E-state index contributed by atoms with van der Waals surface area (Å²) in [6.45, 7) is 8.56. The summed E-state index contributed by atoms with van der Waals surface area (Å²) in [6, 6.07) is 10.5. The maximum atomic E-state index is 13.5. The Morgan fingerprint density at radius 1 is 1.09 bits per heavy atom. The molecule has 0 amide bonds. The van der Waals surface area contributed by atoms with Crippen molar-refractivity contribution in [2.75, 3.05) is 26.3 Å². The first-order valence-corrected chi connectivity index (χ1v) is 12.9. The number of rotatable bonds is 6. The third kappa shape index (κ3) is 4.00. The second-order valence-electron chi connectivity index (χ2n) is 9.34. The van der Waals surface area contributed by atoms with Gasteiger partial charge in [-0.1, -0.05) is 12.1 Å². The van der Waals surface area contributed by atoms with Crippen LogP contribution < -0.4 is 5.56 Å². The molecule has 1 saturated carbocycles. The zero-order valence-corrected chi connectivity index (χ0v) is 20.5. The third-order valence-corrected chi connectivity index (χ3v) is 7.76. The normalized spacial score (nSPS) is 17.0. The van der Waals surface area contributed by atoms with E-state index in [0.717, 1.165) is 35.1 Å². The molecule has 1 saturated heterocycles. The number of morpholine rings is 1. The van der Waals surface area contributed by atoms with E-state index in [1.165, 1.54) is 29.8 Å². The van der Waals surface area contributed by atoms with E-state index in [1.807, 2.05) is 28.8 Å². The highest BCUT2D eigenvalue weighted by Crippen LogP contribution is 2.40. The van der Waals surface area contributed by atoms with Crippen molar-refractivity contribution < 1.29 is 4.74 Å². The number of aryl methyl sites for hydroxylation is 1. The molecule has 2 fully saturated rings. The molecule has 0 bridgehead atoms. The van der Waals surface area contributed by atoms with Gasteiger partial charge in [-0.25, -0.2) is 9.97 Å². The number of fused-ring (bicyclic) bond motifs is 1. The van der Waals surface area contributed by atoms with Crippen LogP contribution in [0.25, 0.3) is 22.2 Å². The van der Waals surface area contributed by atoms with Gasteiger partial charge in [0.15, 0.2) is 0 Å². The highest BCUT2D eigenvalue weighted by molar-refractivity contribution is 7.09. The van der Waals surface area contributed by atoms with E-state index >= 15 is 0 Å². The third-order valence-electron chi connectivity index (χ3n) is 6.93. The van der Waals surface area contributed by atoms with Crippen LogP contribution in [0, 0.1) is 13.8 Å². The molecule has 4 heterocycles. The Hall–Kier alpha value is -2.81. The fraction of sp³-hybridized carbons (Fsp3) is 0.423. The predicted octanol–water partition coefficient (Wildman–Crippen LogP) is 4.15. The van der Waals surface area contributed by atoms with E-state index in [9.17, 15) is 4.79 Å². The van der Waals surface area contributed by atoms with E-state index in [-0.39, 0.29) is 5.56 Å². The van der Waals surface area contributed by atoms with Gasteiger partial charge in [0.05, 0.1) is 42.9 Å². The van der Waals surface area contributed by atoms with Crippen LogP contribution in [-0.4, -0.2) is 50.3 Å². The molecule has 0 spiro atoms. The van der Waals surface area contributed by atoms with E-state index in [2.05, 4.69) is 34.8 Å². The van der Waals surface area contributed by atoms with Crippen LogP contribution in [-0.2, 0) is 17.8 Å². The lowest BCUT2D eigenvalue weighted by molar-refractivity contribution is 0.0325. The quantitative estimate of drug-likeness (QED) is 0.419. The van der Waals surface area contributed by atoms with Crippen molar-refractivity contribution in [1.82, 2.24) is 24.0 Å². The predicted molar refractivity (Wildman–Crippen MR) is 134 cm³/mol. The van der Waals surface area contributed by atoms with Crippen LogP contribution in [0.15, 0.2) is 40.5 Å². The summed E-state index contributed by atoms with van der Waals surface area (Å²) in [5.74, 6) is 0.786. The van der Waals surface area contributed by atoms with Gasteiger partial charge >= 0.3 is 0 Å². The molecule has 0 atom stereocenters. The maximum absolute atomic E-state index is 13.5. The van der Waals surface area contributed by atoms with Crippen molar-refractivity contribution in [1.29, 1.82) is 0 Å². The number of aromatic nitrogens is 4. The smallest absolute Gasteiger partial charge is 0.261 e. The van der Waals surface area contributed by atoms with Crippen molar-refractivity contribution in [3.8, 4) is 11.3 Å². The minimum absolute atomic E-state index is 0.00230. The summed E-state index contributed by atoms with van der Waals surface area (Å²) in [7, 11) is 0. The molecule has 0 radical (unpaired) electrons. The molecule has 6 rings (SSSR count). The lowest BCUT2D eigenvalue weighted by Crippen LogP contribution is -2.38. The summed E-state index contributed by atoms with van der Waals surface area (Å²) in [5.41, 5.74) is 5.53. The van der Waals surface area contributed by atoms with Crippen LogP contribution in [0.4, 0.5) is 0 Å². The van der Waals surface area contributed by atoms with Crippen LogP contribution in [0.1, 0.15) is 41.1 Å². The number of nitrogens with zero attached hydrogens (tertiary/aromatic N) is 5. The Morgan fingerprint density at radius 2 is 1.88 bits per heavy atom. The van der Waals surface area contributed by atoms with E-state index in [1.54, 1.807) is 11.3 Å². The van der Waals surface area contributed by atoms with Gasteiger partial charge in [0, 0.05) is 41.5 Å². The first kappa shape index (κ1) is 21.7. The molecule has 176 valence electrons. The molecule has 8 heteroatoms. The van der Waals surface area contributed by atoms with Crippen molar-refractivity contribution >= 4 is 22.2 Å². The second kappa shape index (κ2) is 8.76. The van der Waals surface area contributed by atoms with Crippen molar-refractivity contribution in [3.05, 3.63) is 68.3 Å².